The maximum absolute atomic E-state index is 13.7. The van der Waals surface area contributed by atoms with Gasteiger partial charge in [-0.05, 0) is 94.0 Å². The number of benzene rings is 2. The average molecular weight is 854 g/mol. The number of carbonyl (C=O) groups is 4. The minimum absolute atomic E-state index is 0.0459. The molecule has 0 radical (unpaired) electrons. The average Bonchev–Trinajstić information content (AvgIpc) is 3.34. The highest BCUT2D eigenvalue weighted by molar-refractivity contribution is 7.81. The van der Waals surface area contributed by atoms with E-state index in [-0.39, 0.29) is 48.2 Å². The standard InChI is InChI=1S/C40H43ClF3N9O5S/c1-6-23-14-28(53-38(59)52(37(57)39(53,3)4)29-18-30(40(42,43)44)32(19-45)47-20-29)8-10-33(23)58-13-12-46-25(7-2)21-51(5)22-35(55)49-27-16-24(41)15-26(17-27)48-31-9-11-34(54)50-36(31)56/h7-8,10,14-18,20,25,31,46,48H,2,6,9,11-13,21-22H2,1,3-5H3,(H,49,55)(H,50,54,56)/t25-,31?/m0/s1. The lowest BCUT2D eigenvalue weighted by molar-refractivity contribution is -0.138. The molecule has 0 saturated carbocycles. The van der Waals surface area contributed by atoms with Gasteiger partial charge in [-0.25, -0.2) is 4.98 Å². The first kappa shape index (κ1) is 44.5. The lowest BCUT2D eigenvalue weighted by Gasteiger charge is -2.30. The molecule has 5 rings (SSSR count). The number of imide groups is 1. The van der Waals surface area contributed by atoms with Crippen LogP contribution in [0.2, 0.25) is 5.02 Å². The monoisotopic (exact) mass is 853 g/mol. The number of pyridine rings is 1. The van der Waals surface area contributed by atoms with Crippen LogP contribution in [0, 0.1) is 11.3 Å². The summed E-state index contributed by atoms with van der Waals surface area (Å²) in [6.45, 7) is 10.3. The molecule has 19 heteroatoms. The number of hydrogen-bond donors (Lipinski definition) is 4. The summed E-state index contributed by atoms with van der Waals surface area (Å²) >= 11 is 11.9. The third-order valence-electron chi connectivity index (χ3n) is 9.63. The molecule has 3 aromatic rings. The van der Waals surface area contributed by atoms with Crippen LogP contribution in [0.25, 0.3) is 0 Å². The van der Waals surface area contributed by atoms with Gasteiger partial charge in [0, 0.05) is 47.6 Å². The Bertz CT molecular complexity index is 2200. The first-order chi connectivity index (χ1) is 27.9. The smallest absolute Gasteiger partial charge is 0.419 e. The van der Waals surface area contributed by atoms with Crippen LogP contribution in [0.3, 0.4) is 0 Å². The number of aromatic nitrogens is 1. The Hall–Kier alpha value is -5.61. The molecule has 3 heterocycles. The second-order valence-electron chi connectivity index (χ2n) is 14.4. The molecule has 1 unspecified atom stereocenters. The second kappa shape index (κ2) is 18.5. The van der Waals surface area contributed by atoms with E-state index in [1.165, 1.54) is 6.07 Å². The first-order valence-electron chi connectivity index (χ1n) is 18.5. The summed E-state index contributed by atoms with van der Waals surface area (Å²) in [5, 5.41) is 21.0. The van der Waals surface area contributed by atoms with Gasteiger partial charge in [0.1, 0.15) is 30.0 Å². The SMILES string of the molecule is C=C[C@@H](CN(C)CC(=O)Nc1cc(Cl)cc(NC2CCC(=O)NC2=O)c1)NCCOc1ccc(N2C(=S)N(c3cnc(C#N)c(C(F)(F)F)c3)C(=O)C2(C)C)cc1CC. The van der Waals surface area contributed by atoms with Crippen molar-refractivity contribution in [3.63, 3.8) is 0 Å². The molecule has 59 heavy (non-hydrogen) atoms. The third-order valence-corrected chi connectivity index (χ3v) is 10.2. The van der Waals surface area contributed by atoms with Crippen molar-refractivity contribution in [3.05, 3.63) is 83.2 Å². The topological polar surface area (TPSA) is 172 Å². The molecule has 2 aliphatic heterocycles. The Balaban J connectivity index is 1.14. The van der Waals surface area contributed by atoms with E-state index in [1.54, 1.807) is 62.2 Å². The lowest BCUT2D eigenvalue weighted by atomic mass is 10.0. The summed E-state index contributed by atoms with van der Waals surface area (Å²) in [5.41, 5.74) is -1.26. The molecule has 1 aromatic heterocycles. The van der Waals surface area contributed by atoms with Crippen LogP contribution in [-0.4, -0.2) is 89.5 Å². The minimum atomic E-state index is -4.87. The van der Waals surface area contributed by atoms with E-state index in [1.807, 2.05) is 17.9 Å². The van der Waals surface area contributed by atoms with Gasteiger partial charge >= 0.3 is 6.18 Å². The number of thiocarbonyl (C=S) groups is 1. The van der Waals surface area contributed by atoms with Gasteiger partial charge < -0.3 is 25.6 Å². The van der Waals surface area contributed by atoms with Crippen molar-refractivity contribution >= 4 is 75.3 Å². The fourth-order valence-corrected chi connectivity index (χ4v) is 7.47. The quantitative estimate of drug-likeness (QED) is 0.0626. The van der Waals surface area contributed by atoms with Gasteiger partial charge in [0.05, 0.1) is 24.0 Å². The Morgan fingerprint density at radius 3 is 2.59 bits per heavy atom. The van der Waals surface area contributed by atoms with Gasteiger partial charge in [0.15, 0.2) is 10.8 Å². The van der Waals surface area contributed by atoms with Gasteiger partial charge in [-0.1, -0.05) is 24.6 Å². The van der Waals surface area contributed by atoms with E-state index in [0.29, 0.717) is 59.8 Å². The number of piperidine rings is 1. The van der Waals surface area contributed by atoms with Crippen molar-refractivity contribution in [1.29, 1.82) is 5.26 Å². The number of nitrogens with zero attached hydrogens (tertiary/aromatic N) is 5. The fourth-order valence-electron chi connectivity index (χ4n) is 6.71. The van der Waals surface area contributed by atoms with Crippen LogP contribution >= 0.6 is 23.8 Å². The maximum Gasteiger partial charge on any atom is 0.419 e. The Kier molecular flexibility index (Phi) is 14.0. The number of alkyl halides is 3. The summed E-state index contributed by atoms with van der Waals surface area (Å²) < 4.78 is 47.3. The predicted octanol–water partition coefficient (Wildman–Crippen LogP) is 5.42. The molecule has 312 valence electrons. The number of hydrogen-bond acceptors (Lipinski definition) is 11. The third kappa shape index (κ3) is 10.5. The van der Waals surface area contributed by atoms with E-state index >= 15 is 0 Å². The van der Waals surface area contributed by atoms with E-state index in [2.05, 4.69) is 32.8 Å². The Labute approximate surface area is 349 Å². The van der Waals surface area contributed by atoms with Crippen LogP contribution in [0.4, 0.5) is 35.9 Å². The first-order valence-corrected chi connectivity index (χ1v) is 19.3. The molecule has 0 aliphatic carbocycles. The number of halogens is 4. The van der Waals surface area contributed by atoms with Crippen molar-refractivity contribution in [3.8, 4) is 11.8 Å². The summed E-state index contributed by atoms with van der Waals surface area (Å²) in [6, 6.07) is 11.5. The molecule has 4 N–H and O–H groups in total. The number of ether oxygens (including phenoxy) is 1. The van der Waals surface area contributed by atoms with E-state index in [0.717, 1.165) is 16.7 Å². The predicted molar refractivity (Wildman–Crippen MR) is 221 cm³/mol. The van der Waals surface area contributed by atoms with Gasteiger partial charge in [-0.2, -0.15) is 18.4 Å². The molecule has 2 saturated heterocycles. The second-order valence-corrected chi connectivity index (χ2v) is 15.2. The van der Waals surface area contributed by atoms with Gasteiger partial charge in [0.2, 0.25) is 17.7 Å². The Morgan fingerprint density at radius 1 is 1.20 bits per heavy atom. The zero-order valence-electron chi connectivity index (χ0n) is 32.7. The number of carbonyl (C=O) groups excluding carboxylic acids is 4. The summed E-state index contributed by atoms with van der Waals surface area (Å²) in [5.74, 6) is -1.01. The summed E-state index contributed by atoms with van der Waals surface area (Å²) in [4.78, 5) is 58.3. The molecule has 2 aromatic carbocycles. The molecule has 4 amide bonds. The van der Waals surface area contributed by atoms with Gasteiger partial charge in [-0.3, -0.25) is 34.3 Å². The van der Waals surface area contributed by atoms with Gasteiger partial charge in [0.25, 0.3) is 5.91 Å². The van der Waals surface area contributed by atoms with Crippen molar-refractivity contribution in [1.82, 2.24) is 20.5 Å². The number of aryl methyl sites for hydroxylation is 1. The van der Waals surface area contributed by atoms with Crippen molar-refractivity contribution in [2.75, 3.05) is 53.7 Å². The molecular formula is C40H43ClF3N9O5S. The van der Waals surface area contributed by atoms with Crippen LogP contribution in [0.5, 0.6) is 5.75 Å². The maximum atomic E-state index is 13.7. The number of rotatable bonds is 16. The van der Waals surface area contributed by atoms with E-state index in [9.17, 15) is 32.3 Å². The van der Waals surface area contributed by atoms with Crippen molar-refractivity contribution < 1.29 is 37.1 Å². The molecule has 2 fully saturated rings. The largest absolute Gasteiger partial charge is 0.492 e. The van der Waals surface area contributed by atoms with E-state index < -0.39 is 40.8 Å². The molecule has 2 aliphatic rings. The molecule has 0 spiro atoms. The Morgan fingerprint density at radius 2 is 1.93 bits per heavy atom. The number of anilines is 4. The van der Waals surface area contributed by atoms with Crippen LogP contribution < -0.4 is 35.8 Å². The summed E-state index contributed by atoms with van der Waals surface area (Å²) in [7, 11) is 1.79. The number of nitrogens with one attached hydrogen (secondary N) is 4. The number of amides is 4. The van der Waals surface area contributed by atoms with Crippen molar-refractivity contribution in [2.24, 2.45) is 0 Å². The fraction of sp³-hybridized carbons (Fsp3) is 0.375. The number of likely N-dealkylation sites (N-methyl/N-ethyl adjacent to an activating group) is 1. The zero-order chi connectivity index (χ0) is 43.2. The highest BCUT2D eigenvalue weighted by atomic mass is 35.5. The molecular weight excluding hydrogens is 811 g/mol. The molecule has 0 bridgehead atoms. The summed E-state index contributed by atoms with van der Waals surface area (Å²) in [6.07, 6.45) is -1.01. The molecule has 14 nitrogen and oxygen atoms in total. The zero-order valence-corrected chi connectivity index (χ0v) is 34.3. The highest BCUT2D eigenvalue weighted by Crippen LogP contribution is 2.40. The number of nitriles is 1. The normalized spacial score (nSPS) is 17.1. The van der Waals surface area contributed by atoms with Crippen LogP contribution in [0.15, 0.2) is 61.3 Å². The van der Waals surface area contributed by atoms with E-state index in [4.69, 9.17) is 33.8 Å². The van der Waals surface area contributed by atoms with Crippen molar-refractivity contribution in [2.45, 2.75) is 63.8 Å². The van der Waals surface area contributed by atoms with Crippen LogP contribution in [-0.2, 0) is 31.8 Å². The highest BCUT2D eigenvalue weighted by Gasteiger charge is 2.51. The van der Waals surface area contributed by atoms with Crippen LogP contribution in [0.1, 0.15) is 50.4 Å². The lowest BCUT2D eigenvalue weighted by Crippen LogP contribution is -2.47. The van der Waals surface area contributed by atoms with Gasteiger partial charge in [-0.15, -0.1) is 6.58 Å². The minimum Gasteiger partial charge on any atom is -0.492 e. The molecule has 2 atom stereocenters.